The first-order valence-electron chi connectivity index (χ1n) is 9.52. The van der Waals surface area contributed by atoms with Crippen LogP contribution in [0.3, 0.4) is 0 Å². The molecule has 0 saturated carbocycles. The van der Waals surface area contributed by atoms with E-state index in [0.29, 0.717) is 56.6 Å². The molecule has 0 aliphatic carbocycles. The Balaban J connectivity index is 1.36. The Morgan fingerprint density at radius 3 is 2.59 bits per heavy atom. The molecule has 0 atom stereocenters. The normalized spacial score (nSPS) is 11.0. The quantitative estimate of drug-likeness (QED) is 0.335. The number of thioether (sulfide) groups is 1. The highest BCUT2D eigenvalue weighted by Crippen LogP contribution is 2.29. The van der Waals surface area contributed by atoms with E-state index in [4.69, 9.17) is 30.2 Å². The summed E-state index contributed by atoms with van der Waals surface area (Å²) in [6.07, 6.45) is 1.51. The van der Waals surface area contributed by atoms with E-state index in [1.54, 1.807) is 36.4 Å². The molecule has 4 rings (SSSR count). The molecule has 166 valence electrons. The summed E-state index contributed by atoms with van der Waals surface area (Å²) in [6, 6.07) is 10.3. The Morgan fingerprint density at radius 1 is 1.09 bits per heavy atom. The molecule has 0 aliphatic rings. The molecule has 4 aromatic rings. The highest BCUT2D eigenvalue weighted by molar-refractivity contribution is 7.99. The number of ether oxygens (including phenoxy) is 3. The van der Waals surface area contributed by atoms with E-state index >= 15 is 0 Å². The zero-order valence-corrected chi connectivity index (χ0v) is 18.9. The van der Waals surface area contributed by atoms with Gasteiger partial charge in [-0.3, -0.25) is 9.36 Å². The van der Waals surface area contributed by atoms with Crippen molar-refractivity contribution in [2.45, 2.75) is 18.4 Å². The van der Waals surface area contributed by atoms with E-state index in [1.165, 1.54) is 36.9 Å². The van der Waals surface area contributed by atoms with Gasteiger partial charge in [-0.2, -0.15) is 0 Å². The zero-order valence-electron chi connectivity index (χ0n) is 17.3. The number of hydrogen-bond donors (Lipinski definition) is 0. The van der Waals surface area contributed by atoms with Crippen molar-refractivity contribution in [1.82, 2.24) is 19.7 Å². The molecule has 0 unspecified atom stereocenters. The van der Waals surface area contributed by atoms with Crippen LogP contribution in [0.5, 0.6) is 17.2 Å². The SMILES string of the molecule is COc1cc2ncn(CCSc3nnc(COc4ccc(Cl)cc4)o3)c(=O)c2cc1OC. The van der Waals surface area contributed by atoms with Gasteiger partial charge in [-0.15, -0.1) is 10.2 Å². The minimum Gasteiger partial charge on any atom is -0.493 e. The van der Waals surface area contributed by atoms with Gasteiger partial charge < -0.3 is 18.6 Å². The molecule has 0 fully saturated rings. The predicted molar refractivity (Wildman–Crippen MR) is 120 cm³/mol. The first-order chi connectivity index (χ1) is 15.6. The van der Waals surface area contributed by atoms with Gasteiger partial charge >= 0.3 is 0 Å². The second kappa shape index (κ2) is 9.92. The van der Waals surface area contributed by atoms with Crippen LogP contribution in [0.25, 0.3) is 10.9 Å². The van der Waals surface area contributed by atoms with Gasteiger partial charge in [-0.05, 0) is 30.3 Å². The van der Waals surface area contributed by atoms with Crippen LogP contribution in [0, 0.1) is 0 Å². The lowest BCUT2D eigenvalue weighted by Gasteiger charge is -2.10. The predicted octanol–water partition coefficient (Wildman–Crippen LogP) is 3.82. The lowest BCUT2D eigenvalue weighted by atomic mass is 10.2. The molecule has 0 spiro atoms. The van der Waals surface area contributed by atoms with Crippen molar-refractivity contribution in [3.05, 3.63) is 64.0 Å². The van der Waals surface area contributed by atoms with Crippen molar-refractivity contribution in [1.29, 1.82) is 0 Å². The van der Waals surface area contributed by atoms with E-state index in [9.17, 15) is 4.79 Å². The average molecular weight is 475 g/mol. The first-order valence-corrected chi connectivity index (χ1v) is 10.9. The van der Waals surface area contributed by atoms with Crippen LogP contribution in [-0.4, -0.2) is 39.7 Å². The molecule has 0 saturated heterocycles. The highest BCUT2D eigenvalue weighted by Gasteiger charge is 2.12. The van der Waals surface area contributed by atoms with Crippen LogP contribution in [0.4, 0.5) is 0 Å². The van der Waals surface area contributed by atoms with Crippen molar-refractivity contribution < 1.29 is 18.6 Å². The van der Waals surface area contributed by atoms with Crippen LogP contribution in [0.1, 0.15) is 5.89 Å². The number of aryl methyl sites for hydroxylation is 1. The lowest BCUT2D eigenvalue weighted by molar-refractivity contribution is 0.252. The summed E-state index contributed by atoms with van der Waals surface area (Å²) in [7, 11) is 3.06. The molecule has 0 N–H and O–H groups in total. The van der Waals surface area contributed by atoms with Gasteiger partial charge in [0.2, 0.25) is 0 Å². The Labute approximate surface area is 192 Å². The van der Waals surface area contributed by atoms with Crippen LogP contribution in [-0.2, 0) is 13.2 Å². The van der Waals surface area contributed by atoms with Gasteiger partial charge in [0.25, 0.3) is 16.7 Å². The largest absolute Gasteiger partial charge is 0.493 e. The summed E-state index contributed by atoms with van der Waals surface area (Å²) >= 11 is 7.20. The molecule has 32 heavy (non-hydrogen) atoms. The van der Waals surface area contributed by atoms with Gasteiger partial charge in [0, 0.05) is 23.4 Å². The van der Waals surface area contributed by atoms with Crippen molar-refractivity contribution in [2.75, 3.05) is 20.0 Å². The van der Waals surface area contributed by atoms with Gasteiger partial charge in [0.05, 0.1) is 31.4 Å². The fourth-order valence-electron chi connectivity index (χ4n) is 2.91. The summed E-state index contributed by atoms with van der Waals surface area (Å²) < 4.78 is 23.2. The Morgan fingerprint density at radius 2 is 1.84 bits per heavy atom. The number of rotatable bonds is 9. The molecule has 0 aliphatic heterocycles. The molecule has 9 nitrogen and oxygen atoms in total. The second-order valence-electron chi connectivity index (χ2n) is 6.52. The fourth-order valence-corrected chi connectivity index (χ4v) is 3.75. The van der Waals surface area contributed by atoms with E-state index in [-0.39, 0.29) is 12.2 Å². The standard InChI is InChI=1S/C21H19ClN4O5S/c1-28-17-9-15-16(10-18(17)29-2)23-12-26(20(15)27)7-8-32-21-25-24-19(31-21)11-30-14-5-3-13(22)4-6-14/h3-6,9-10,12H,7-8,11H2,1-2H3. The molecular formula is C21H19ClN4O5S. The maximum Gasteiger partial charge on any atom is 0.276 e. The summed E-state index contributed by atoms with van der Waals surface area (Å²) in [6.45, 7) is 0.564. The molecule has 0 radical (unpaired) electrons. The fraction of sp³-hybridized carbons (Fsp3) is 0.238. The average Bonchev–Trinajstić information content (AvgIpc) is 3.27. The Hall–Kier alpha value is -3.24. The third-order valence-corrected chi connectivity index (χ3v) is 5.56. The van der Waals surface area contributed by atoms with Crippen LogP contribution >= 0.6 is 23.4 Å². The van der Waals surface area contributed by atoms with Gasteiger partial charge in [-0.1, -0.05) is 23.4 Å². The number of hydrogen-bond acceptors (Lipinski definition) is 9. The summed E-state index contributed by atoms with van der Waals surface area (Å²) in [4.78, 5) is 17.2. The second-order valence-corrected chi connectivity index (χ2v) is 8.00. The summed E-state index contributed by atoms with van der Waals surface area (Å²) in [5.41, 5.74) is 0.373. The monoisotopic (exact) mass is 474 g/mol. The van der Waals surface area contributed by atoms with Crippen LogP contribution in [0.2, 0.25) is 5.02 Å². The van der Waals surface area contributed by atoms with Crippen molar-refractivity contribution in [2.24, 2.45) is 0 Å². The summed E-state index contributed by atoms with van der Waals surface area (Å²) in [5.74, 6) is 2.55. The number of halogens is 1. The lowest BCUT2D eigenvalue weighted by Crippen LogP contribution is -2.21. The van der Waals surface area contributed by atoms with Gasteiger partial charge in [0.15, 0.2) is 18.1 Å². The maximum atomic E-state index is 12.8. The molecule has 2 aromatic heterocycles. The third-order valence-electron chi connectivity index (χ3n) is 4.51. The van der Waals surface area contributed by atoms with Crippen molar-refractivity contribution in [3.63, 3.8) is 0 Å². The number of benzene rings is 2. The third kappa shape index (κ3) is 4.97. The van der Waals surface area contributed by atoms with E-state index in [0.717, 1.165) is 0 Å². The molecule has 2 heterocycles. The number of aromatic nitrogens is 4. The number of fused-ring (bicyclic) bond motifs is 1. The van der Waals surface area contributed by atoms with Crippen LogP contribution < -0.4 is 19.8 Å². The van der Waals surface area contributed by atoms with Gasteiger partial charge in [0.1, 0.15) is 5.75 Å². The maximum absolute atomic E-state index is 12.8. The Kier molecular flexibility index (Phi) is 6.81. The number of nitrogens with zero attached hydrogens (tertiary/aromatic N) is 4. The van der Waals surface area contributed by atoms with E-state index in [2.05, 4.69) is 15.2 Å². The Bertz CT molecular complexity index is 1280. The topological polar surface area (TPSA) is 102 Å². The minimum atomic E-state index is -0.167. The zero-order chi connectivity index (χ0) is 22.5. The first kappa shape index (κ1) is 22.0. The molecule has 0 amide bonds. The van der Waals surface area contributed by atoms with E-state index < -0.39 is 0 Å². The molecular weight excluding hydrogens is 456 g/mol. The summed E-state index contributed by atoms with van der Waals surface area (Å²) in [5, 5.41) is 9.46. The molecule has 2 aromatic carbocycles. The van der Waals surface area contributed by atoms with E-state index in [1.807, 2.05) is 0 Å². The van der Waals surface area contributed by atoms with Gasteiger partial charge in [-0.25, -0.2) is 4.98 Å². The van der Waals surface area contributed by atoms with Crippen LogP contribution in [0.15, 0.2) is 57.2 Å². The van der Waals surface area contributed by atoms with Crippen molar-refractivity contribution >= 4 is 34.3 Å². The molecule has 11 heteroatoms. The smallest absolute Gasteiger partial charge is 0.276 e. The number of methoxy groups -OCH3 is 2. The highest BCUT2D eigenvalue weighted by atomic mass is 35.5. The minimum absolute atomic E-state index is 0.147. The van der Waals surface area contributed by atoms with Crippen molar-refractivity contribution in [3.8, 4) is 17.2 Å². The molecule has 0 bridgehead atoms.